The van der Waals surface area contributed by atoms with E-state index in [0.717, 1.165) is 15.1 Å². The van der Waals surface area contributed by atoms with Gasteiger partial charge in [0.05, 0.1) is 5.02 Å². The predicted octanol–water partition coefficient (Wildman–Crippen LogP) is 5.40. The summed E-state index contributed by atoms with van der Waals surface area (Å²) >= 11 is 8.58. The number of hydrogen-bond donors (Lipinski definition) is 1. The molecule has 0 amide bonds. The maximum absolute atomic E-state index is 6.30. The Kier molecular flexibility index (Phi) is 4.87. The van der Waals surface area contributed by atoms with Crippen molar-refractivity contribution in [3.8, 4) is 0 Å². The van der Waals surface area contributed by atoms with Gasteiger partial charge in [-0.2, -0.15) is 0 Å². The van der Waals surface area contributed by atoms with Crippen LogP contribution < -0.4 is 5.32 Å². The monoisotopic (exact) mass is 411 g/mol. The first kappa shape index (κ1) is 15.3. The molecule has 1 fully saturated rings. The summed E-state index contributed by atoms with van der Waals surface area (Å²) < 4.78 is 1.11. The lowest BCUT2D eigenvalue weighted by atomic mass is 9.98. The van der Waals surface area contributed by atoms with E-state index in [1.54, 1.807) is 0 Å². The van der Waals surface area contributed by atoms with Crippen molar-refractivity contribution in [2.75, 3.05) is 6.54 Å². The number of nitrogens with one attached hydrogen (secondary N) is 1. The van der Waals surface area contributed by atoms with Gasteiger partial charge >= 0.3 is 0 Å². The third kappa shape index (κ3) is 3.43. The molecule has 1 saturated carbocycles. The van der Waals surface area contributed by atoms with E-state index in [2.05, 4.69) is 83.4 Å². The van der Waals surface area contributed by atoms with Crippen LogP contribution in [0, 0.1) is 9.49 Å². The summed E-state index contributed by atoms with van der Waals surface area (Å²) in [4.78, 5) is 0. The summed E-state index contributed by atoms with van der Waals surface area (Å²) in [6.07, 6.45) is 1.26. The fraction of sp³-hybridized carbons (Fsp3) is 0.333. The van der Waals surface area contributed by atoms with E-state index in [9.17, 15) is 0 Å². The standard InChI is InChI=1S/C18H19ClIN/c1-2-21-18(13-8-9-17(20)16(19)10-13)15-11-14(15)12-6-4-3-5-7-12/h3-10,14-15,18,21H,2,11H2,1H3. The van der Waals surface area contributed by atoms with Crippen molar-refractivity contribution in [3.05, 3.63) is 68.3 Å². The van der Waals surface area contributed by atoms with Crippen molar-refractivity contribution in [2.24, 2.45) is 5.92 Å². The average molecular weight is 412 g/mol. The summed E-state index contributed by atoms with van der Waals surface area (Å²) in [5, 5.41) is 4.50. The van der Waals surface area contributed by atoms with Gasteiger partial charge in [-0.05, 0) is 70.7 Å². The van der Waals surface area contributed by atoms with Gasteiger partial charge in [-0.1, -0.05) is 54.9 Å². The van der Waals surface area contributed by atoms with Crippen molar-refractivity contribution in [1.82, 2.24) is 5.32 Å². The van der Waals surface area contributed by atoms with Gasteiger partial charge in [-0.15, -0.1) is 0 Å². The van der Waals surface area contributed by atoms with Crippen LogP contribution in [0.3, 0.4) is 0 Å². The summed E-state index contributed by atoms with van der Waals surface area (Å²) in [7, 11) is 0. The van der Waals surface area contributed by atoms with Crippen LogP contribution in [0.1, 0.15) is 36.4 Å². The Morgan fingerprint density at radius 2 is 2.00 bits per heavy atom. The molecule has 0 saturated heterocycles. The molecule has 1 aliphatic carbocycles. The van der Waals surface area contributed by atoms with Crippen molar-refractivity contribution < 1.29 is 0 Å². The van der Waals surface area contributed by atoms with E-state index in [-0.39, 0.29) is 0 Å². The fourth-order valence-electron chi connectivity index (χ4n) is 3.11. The first-order valence-corrected chi connectivity index (χ1v) is 8.89. The fourth-order valence-corrected chi connectivity index (χ4v) is 3.63. The largest absolute Gasteiger partial charge is 0.310 e. The van der Waals surface area contributed by atoms with E-state index in [1.807, 2.05) is 0 Å². The molecule has 0 bridgehead atoms. The molecule has 3 heteroatoms. The van der Waals surface area contributed by atoms with Gasteiger partial charge in [-0.3, -0.25) is 0 Å². The molecule has 1 N–H and O–H groups in total. The SMILES string of the molecule is CCNC(c1ccc(I)c(Cl)c1)C1CC1c1ccccc1. The van der Waals surface area contributed by atoms with Crippen LogP contribution in [0.25, 0.3) is 0 Å². The molecule has 0 radical (unpaired) electrons. The third-order valence-corrected chi connectivity index (χ3v) is 5.79. The van der Waals surface area contributed by atoms with Crippen molar-refractivity contribution in [2.45, 2.75) is 25.3 Å². The molecule has 0 heterocycles. The van der Waals surface area contributed by atoms with Crippen molar-refractivity contribution in [3.63, 3.8) is 0 Å². The van der Waals surface area contributed by atoms with Gasteiger partial charge in [0.25, 0.3) is 0 Å². The Bertz CT molecular complexity index is 614. The summed E-state index contributed by atoms with van der Waals surface area (Å²) in [6, 6.07) is 17.7. The van der Waals surface area contributed by atoms with Gasteiger partial charge in [0.1, 0.15) is 0 Å². The van der Waals surface area contributed by atoms with Crippen LogP contribution in [0.15, 0.2) is 48.5 Å². The highest BCUT2D eigenvalue weighted by molar-refractivity contribution is 14.1. The van der Waals surface area contributed by atoms with Gasteiger partial charge in [0.2, 0.25) is 0 Å². The predicted molar refractivity (Wildman–Crippen MR) is 97.9 cm³/mol. The second-order valence-corrected chi connectivity index (χ2v) is 7.20. The Balaban J connectivity index is 1.81. The third-order valence-electron chi connectivity index (χ3n) is 4.22. The van der Waals surface area contributed by atoms with E-state index < -0.39 is 0 Å². The van der Waals surface area contributed by atoms with Crippen LogP contribution in [0.5, 0.6) is 0 Å². The van der Waals surface area contributed by atoms with Gasteiger partial charge in [0, 0.05) is 9.61 Å². The minimum absolute atomic E-state index is 0.398. The summed E-state index contributed by atoms with van der Waals surface area (Å²) in [5.74, 6) is 1.34. The number of benzene rings is 2. The molecule has 2 aromatic carbocycles. The zero-order valence-corrected chi connectivity index (χ0v) is 14.9. The quantitative estimate of drug-likeness (QED) is 0.650. The molecule has 1 aliphatic rings. The van der Waals surface area contributed by atoms with Gasteiger partial charge < -0.3 is 5.32 Å². The van der Waals surface area contributed by atoms with Gasteiger partial charge in [0.15, 0.2) is 0 Å². The first-order valence-electron chi connectivity index (χ1n) is 7.44. The second-order valence-electron chi connectivity index (χ2n) is 5.63. The molecule has 0 aromatic heterocycles. The van der Waals surface area contributed by atoms with Crippen LogP contribution in [-0.2, 0) is 0 Å². The topological polar surface area (TPSA) is 12.0 Å². The molecular weight excluding hydrogens is 393 g/mol. The van der Waals surface area contributed by atoms with E-state index in [4.69, 9.17) is 11.6 Å². The number of halogens is 2. The Labute approximate surface area is 145 Å². The van der Waals surface area contributed by atoms with E-state index in [0.29, 0.717) is 17.9 Å². The maximum Gasteiger partial charge on any atom is 0.0542 e. The lowest BCUT2D eigenvalue weighted by Gasteiger charge is -2.19. The minimum Gasteiger partial charge on any atom is -0.310 e. The molecule has 3 unspecified atom stereocenters. The minimum atomic E-state index is 0.398. The molecule has 0 spiro atoms. The molecule has 3 rings (SSSR count). The zero-order chi connectivity index (χ0) is 14.8. The van der Waals surface area contributed by atoms with Crippen molar-refractivity contribution >= 4 is 34.2 Å². The summed E-state index contributed by atoms with van der Waals surface area (Å²) in [6.45, 7) is 3.15. The smallest absolute Gasteiger partial charge is 0.0542 e. The zero-order valence-electron chi connectivity index (χ0n) is 12.0. The van der Waals surface area contributed by atoms with Gasteiger partial charge in [-0.25, -0.2) is 0 Å². The molecule has 1 nitrogen and oxygen atoms in total. The second kappa shape index (κ2) is 6.67. The van der Waals surface area contributed by atoms with Crippen LogP contribution in [0.2, 0.25) is 5.02 Å². The molecule has 0 aliphatic heterocycles. The molecule has 110 valence electrons. The van der Waals surface area contributed by atoms with Crippen LogP contribution in [-0.4, -0.2) is 6.54 Å². The Morgan fingerprint density at radius 3 is 2.67 bits per heavy atom. The summed E-state index contributed by atoms with van der Waals surface area (Å²) in [5.41, 5.74) is 2.77. The highest BCUT2D eigenvalue weighted by atomic mass is 127. The Hall–Kier alpha value is -0.580. The Morgan fingerprint density at radius 1 is 1.24 bits per heavy atom. The normalized spacial score (nSPS) is 22.0. The highest BCUT2D eigenvalue weighted by Crippen LogP contribution is 2.54. The molecule has 3 atom stereocenters. The first-order chi connectivity index (χ1) is 10.2. The number of hydrogen-bond acceptors (Lipinski definition) is 1. The van der Waals surface area contributed by atoms with E-state index >= 15 is 0 Å². The molecule has 2 aromatic rings. The molecule has 21 heavy (non-hydrogen) atoms. The van der Waals surface area contributed by atoms with Crippen LogP contribution >= 0.6 is 34.2 Å². The van der Waals surface area contributed by atoms with E-state index in [1.165, 1.54) is 17.5 Å². The van der Waals surface area contributed by atoms with Crippen molar-refractivity contribution in [1.29, 1.82) is 0 Å². The van der Waals surface area contributed by atoms with Crippen LogP contribution in [0.4, 0.5) is 0 Å². The lowest BCUT2D eigenvalue weighted by Crippen LogP contribution is -2.23. The average Bonchev–Trinajstić information content (AvgIpc) is 3.29. The highest BCUT2D eigenvalue weighted by Gasteiger charge is 2.44. The molecular formula is C18H19ClIN. The number of rotatable bonds is 5. The lowest BCUT2D eigenvalue weighted by molar-refractivity contribution is 0.487. The maximum atomic E-state index is 6.30.